The van der Waals surface area contributed by atoms with E-state index < -0.39 is 0 Å². The smallest absolute Gasteiger partial charge is 0.253 e. The summed E-state index contributed by atoms with van der Waals surface area (Å²) in [7, 11) is 1.86. The number of thiophene rings is 1. The number of H-pyrrole nitrogens is 1. The van der Waals surface area contributed by atoms with E-state index in [0.717, 1.165) is 17.5 Å². The van der Waals surface area contributed by atoms with Gasteiger partial charge in [-0.05, 0) is 53.9 Å². The molecule has 0 unspecified atom stereocenters. The number of benzene rings is 1. The molecule has 3 aromatic rings. The fourth-order valence-corrected chi connectivity index (χ4v) is 3.04. The van der Waals surface area contributed by atoms with Crippen molar-refractivity contribution in [2.45, 2.75) is 19.4 Å². The van der Waals surface area contributed by atoms with Crippen LogP contribution in [0.25, 0.3) is 11.0 Å². The van der Waals surface area contributed by atoms with Crippen molar-refractivity contribution in [1.29, 1.82) is 0 Å². The molecule has 1 N–H and O–H groups in total. The predicted octanol–water partition coefficient (Wildman–Crippen LogP) is 3.33. The van der Waals surface area contributed by atoms with Gasteiger partial charge in [0.25, 0.3) is 5.91 Å². The molecule has 1 amide bonds. The molecule has 0 saturated heterocycles. The number of carbonyl (C=O) groups excluding carboxylic acids is 1. The topological polar surface area (TPSA) is 49.0 Å². The van der Waals surface area contributed by atoms with E-state index in [9.17, 15) is 4.79 Å². The first kappa shape index (κ1) is 13.8. The predicted molar refractivity (Wildman–Crippen MR) is 85.7 cm³/mol. The second-order valence-corrected chi connectivity index (χ2v) is 6.02. The third kappa shape index (κ3) is 2.83. The number of nitrogens with one attached hydrogen (secondary N) is 1. The number of imidazole rings is 1. The highest BCUT2D eigenvalue weighted by atomic mass is 32.1. The maximum atomic E-state index is 12.6. The Morgan fingerprint density at radius 3 is 3.05 bits per heavy atom. The van der Waals surface area contributed by atoms with Crippen LogP contribution < -0.4 is 0 Å². The summed E-state index contributed by atoms with van der Waals surface area (Å²) in [5.74, 6) is 0.0363. The second-order valence-electron chi connectivity index (χ2n) is 5.24. The Kier molecular flexibility index (Phi) is 3.75. The van der Waals surface area contributed by atoms with E-state index >= 15 is 0 Å². The largest absolute Gasteiger partial charge is 0.345 e. The monoisotopic (exact) mass is 299 g/mol. The van der Waals surface area contributed by atoms with E-state index in [4.69, 9.17) is 0 Å². The van der Waals surface area contributed by atoms with Crippen molar-refractivity contribution in [3.05, 3.63) is 52.5 Å². The van der Waals surface area contributed by atoms with E-state index in [2.05, 4.69) is 33.7 Å². The molecule has 1 aromatic carbocycles. The summed E-state index contributed by atoms with van der Waals surface area (Å²) in [5.41, 5.74) is 3.72. The minimum atomic E-state index is 0.0363. The van der Waals surface area contributed by atoms with Gasteiger partial charge in [-0.2, -0.15) is 11.3 Å². The molecule has 2 heterocycles. The molecule has 2 aromatic heterocycles. The highest BCUT2D eigenvalue weighted by molar-refractivity contribution is 7.07. The summed E-state index contributed by atoms with van der Waals surface area (Å²) < 4.78 is 0. The van der Waals surface area contributed by atoms with E-state index in [1.165, 1.54) is 5.56 Å². The molecular weight excluding hydrogens is 282 g/mol. The third-order valence-electron chi connectivity index (χ3n) is 3.76. The first-order valence-corrected chi connectivity index (χ1v) is 7.81. The van der Waals surface area contributed by atoms with E-state index in [1.54, 1.807) is 22.6 Å². The van der Waals surface area contributed by atoms with Gasteiger partial charge in [-0.25, -0.2) is 4.98 Å². The number of rotatable bonds is 4. The summed E-state index contributed by atoms with van der Waals surface area (Å²) in [6.45, 7) is 2.07. The van der Waals surface area contributed by atoms with Crippen LogP contribution in [0.4, 0.5) is 0 Å². The minimum absolute atomic E-state index is 0.0363. The Morgan fingerprint density at radius 2 is 2.29 bits per heavy atom. The van der Waals surface area contributed by atoms with Crippen LogP contribution in [-0.4, -0.2) is 33.9 Å². The number of hydrogen-bond acceptors (Lipinski definition) is 3. The highest BCUT2D eigenvalue weighted by Gasteiger charge is 2.18. The zero-order chi connectivity index (χ0) is 14.8. The quantitative estimate of drug-likeness (QED) is 0.803. The molecule has 0 aliphatic carbocycles. The molecule has 0 aliphatic rings. The van der Waals surface area contributed by atoms with Crippen LogP contribution in [0.5, 0.6) is 0 Å². The van der Waals surface area contributed by atoms with Crippen LogP contribution in [0, 0.1) is 0 Å². The Hall–Kier alpha value is -2.14. The van der Waals surface area contributed by atoms with Gasteiger partial charge in [-0.1, -0.05) is 0 Å². The summed E-state index contributed by atoms with van der Waals surface area (Å²) in [6.07, 6.45) is 2.51. The number of amides is 1. The van der Waals surface area contributed by atoms with Crippen LogP contribution in [-0.2, 0) is 6.42 Å². The van der Waals surface area contributed by atoms with Crippen molar-refractivity contribution in [3.63, 3.8) is 0 Å². The second kappa shape index (κ2) is 5.69. The summed E-state index contributed by atoms with van der Waals surface area (Å²) in [6, 6.07) is 7.83. The maximum absolute atomic E-state index is 12.6. The van der Waals surface area contributed by atoms with Crippen LogP contribution >= 0.6 is 11.3 Å². The lowest BCUT2D eigenvalue weighted by molar-refractivity contribution is 0.0743. The Bertz CT molecular complexity index is 748. The molecule has 5 heteroatoms. The number of fused-ring (bicyclic) bond motifs is 1. The van der Waals surface area contributed by atoms with Crippen LogP contribution in [0.3, 0.4) is 0 Å². The van der Waals surface area contributed by atoms with Crippen molar-refractivity contribution in [1.82, 2.24) is 14.9 Å². The van der Waals surface area contributed by atoms with Gasteiger partial charge >= 0.3 is 0 Å². The van der Waals surface area contributed by atoms with Crippen molar-refractivity contribution in [2.75, 3.05) is 7.05 Å². The third-order valence-corrected chi connectivity index (χ3v) is 4.49. The van der Waals surface area contributed by atoms with Gasteiger partial charge in [0.1, 0.15) is 0 Å². The van der Waals surface area contributed by atoms with E-state index in [-0.39, 0.29) is 11.9 Å². The molecule has 1 atom stereocenters. The summed E-state index contributed by atoms with van der Waals surface area (Å²) in [5, 5.41) is 4.20. The van der Waals surface area contributed by atoms with Crippen molar-refractivity contribution < 1.29 is 4.79 Å². The van der Waals surface area contributed by atoms with Gasteiger partial charge in [0, 0.05) is 18.7 Å². The van der Waals surface area contributed by atoms with E-state index in [1.807, 2.05) is 25.2 Å². The maximum Gasteiger partial charge on any atom is 0.253 e. The average Bonchev–Trinajstić information content (AvgIpc) is 3.15. The normalized spacial score (nSPS) is 12.5. The number of hydrogen-bond donors (Lipinski definition) is 1. The lowest BCUT2D eigenvalue weighted by Gasteiger charge is -2.25. The van der Waals surface area contributed by atoms with Gasteiger partial charge in [-0.15, -0.1) is 0 Å². The molecule has 0 radical (unpaired) electrons. The molecule has 108 valence electrons. The highest BCUT2D eigenvalue weighted by Crippen LogP contribution is 2.16. The Morgan fingerprint density at radius 1 is 1.43 bits per heavy atom. The molecule has 4 nitrogen and oxygen atoms in total. The van der Waals surface area contributed by atoms with Gasteiger partial charge in [-0.3, -0.25) is 4.79 Å². The molecule has 21 heavy (non-hydrogen) atoms. The average molecular weight is 299 g/mol. The van der Waals surface area contributed by atoms with Crippen molar-refractivity contribution in [2.24, 2.45) is 0 Å². The zero-order valence-corrected chi connectivity index (χ0v) is 12.9. The number of likely N-dealkylation sites (N-methyl/N-ethyl adjacent to an activating group) is 1. The Balaban J connectivity index is 1.76. The first-order chi connectivity index (χ1) is 10.1. The van der Waals surface area contributed by atoms with Gasteiger partial charge in [0.2, 0.25) is 0 Å². The SMILES string of the molecule is C[C@H](Cc1ccsc1)N(C)C(=O)c1ccc2nc[nH]c2c1. The van der Waals surface area contributed by atoms with Crippen molar-refractivity contribution in [3.8, 4) is 0 Å². The molecule has 0 aliphatic heterocycles. The van der Waals surface area contributed by atoms with Gasteiger partial charge < -0.3 is 9.88 Å². The molecule has 3 rings (SSSR count). The minimum Gasteiger partial charge on any atom is -0.345 e. The van der Waals surface area contributed by atoms with Crippen LogP contribution in [0.1, 0.15) is 22.8 Å². The number of nitrogens with zero attached hydrogens (tertiary/aromatic N) is 2. The van der Waals surface area contributed by atoms with Gasteiger partial charge in [0.05, 0.1) is 17.4 Å². The number of carbonyl (C=O) groups is 1. The fraction of sp³-hybridized carbons (Fsp3) is 0.250. The van der Waals surface area contributed by atoms with Crippen molar-refractivity contribution >= 4 is 28.3 Å². The molecule has 0 bridgehead atoms. The van der Waals surface area contributed by atoms with E-state index in [0.29, 0.717) is 5.56 Å². The lowest BCUT2D eigenvalue weighted by atomic mass is 10.1. The summed E-state index contributed by atoms with van der Waals surface area (Å²) in [4.78, 5) is 21.6. The van der Waals surface area contributed by atoms with Gasteiger partial charge in [0.15, 0.2) is 0 Å². The molecule has 0 fully saturated rings. The van der Waals surface area contributed by atoms with Crippen LogP contribution in [0.15, 0.2) is 41.4 Å². The standard InChI is InChI=1S/C16H17N3OS/c1-11(7-12-5-6-21-9-12)19(2)16(20)13-3-4-14-15(8-13)18-10-17-14/h3-6,8-11H,7H2,1-2H3,(H,17,18)/t11-/m1/s1. The molecule has 0 spiro atoms. The zero-order valence-electron chi connectivity index (χ0n) is 12.0. The number of aromatic amines is 1. The fourth-order valence-electron chi connectivity index (χ4n) is 2.36. The van der Waals surface area contributed by atoms with Crippen LogP contribution in [0.2, 0.25) is 0 Å². The lowest BCUT2D eigenvalue weighted by Crippen LogP contribution is -2.36. The first-order valence-electron chi connectivity index (χ1n) is 6.86. The molecular formula is C16H17N3OS. The number of aromatic nitrogens is 2. The molecule has 0 saturated carbocycles. The Labute approximate surface area is 127 Å². The summed E-state index contributed by atoms with van der Waals surface area (Å²) >= 11 is 1.69.